The van der Waals surface area contributed by atoms with Crippen molar-refractivity contribution in [1.29, 1.82) is 0 Å². The Kier molecular flexibility index (Phi) is 7.81. The molecule has 5 rings (SSSR count). The molecule has 1 N–H and O–H groups in total. The topological polar surface area (TPSA) is 120 Å². The van der Waals surface area contributed by atoms with Gasteiger partial charge in [-0.3, -0.25) is 9.59 Å². The lowest BCUT2D eigenvalue weighted by Crippen LogP contribution is -2.39. The van der Waals surface area contributed by atoms with E-state index in [1.165, 1.54) is 4.57 Å². The molecule has 1 unspecified atom stereocenters. The summed E-state index contributed by atoms with van der Waals surface area (Å²) in [7, 11) is 0. The van der Waals surface area contributed by atoms with E-state index in [1.54, 1.807) is 25.7 Å². The second kappa shape index (κ2) is 10.8. The summed E-state index contributed by atoms with van der Waals surface area (Å²) >= 11 is 9.21. The SMILES string of the molecule is CC(C)(C)OC(=O)N1CCCC2(CC1)OCc1c2c(=O)n2nc(Br)nc2n1CC(=O)Nc1ccc(C(F)(F)F)cc1Cl. The molecule has 16 heteroatoms. The number of halogens is 5. The summed E-state index contributed by atoms with van der Waals surface area (Å²) in [4.78, 5) is 45.5. The maximum absolute atomic E-state index is 13.7. The van der Waals surface area contributed by atoms with E-state index in [4.69, 9.17) is 21.1 Å². The first kappa shape index (κ1) is 30.3. The average Bonchev–Trinajstić information content (AvgIpc) is 3.36. The average molecular weight is 676 g/mol. The van der Waals surface area contributed by atoms with Gasteiger partial charge in [-0.05, 0) is 74.2 Å². The van der Waals surface area contributed by atoms with Gasteiger partial charge in [-0.1, -0.05) is 11.6 Å². The third-order valence-corrected chi connectivity index (χ3v) is 7.73. The Morgan fingerprint density at radius 1 is 1.21 bits per heavy atom. The Hall–Kier alpha value is -3.17. The van der Waals surface area contributed by atoms with Crippen LogP contribution in [0, 0.1) is 0 Å². The van der Waals surface area contributed by atoms with Gasteiger partial charge < -0.3 is 24.3 Å². The first-order valence-corrected chi connectivity index (χ1v) is 14.2. The highest BCUT2D eigenvalue weighted by Crippen LogP contribution is 2.43. The summed E-state index contributed by atoms with van der Waals surface area (Å²) in [6.07, 6.45) is -3.77. The standard InChI is InChI=1S/C26H27BrClF3N6O5/c1-24(2,3)42-23(40)35-9-4-7-25(8-10-35)19-17(13-41-25)36(22-33-21(27)34-37(22)20(19)39)12-18(38)32-16-6-5-14(11-15(16)28)26(29,30)31/h5-6,11H,4,7-10,12-13H2,1-3H3,(H,32,38). The number of alkyl halides is 3. The van der Waals surface area contributed by atoms with Gasteiger partial charge in [0.15, 0.2) is 0 Å². The lowest BCUT2D eigenvalue weighted by Gasteiger charge is -2.28. The van der Waals surface area contributed by atoms with E-state index in [2.05, 4.69) is 31.3 Å². The van der Waals surface area contributed by atoms with Crippen LogP contribution in [0.2, 0.25) is 5.02 Å². The maximum atomic E-state index is 13.7. The zero-order valence-corrected chi connectivity index (χ0v) is 25.2. The van der Waals surface area contributed by atoms with Crippen LogP contribution in [0.15, 0.2) is 27.7 Å². The molecule has 2 amide bonds. The second-order valence-corrected chi connectivity index (χ2v) is 12.3. The number of nitrogens with one attached hydrogen (secondary N) is 1. The molecule has 11 nitrogen and oxygen atoms in total. The zero-order valence-electron chi connectivity index (χ0n) is 22.8. The van der Waals surface area contributed by atoms with Crippen molar-refractivity contribution in [1.82, 2.24) is 24.1 Å². The van der Waals surface area contributed by atoms with Crippen molar-refractivity contribution in [2.45, 2.75) is 70.6 Å². The van der Waals surface area contributed by atoms with Crippen LogP contribution in [0.3, 0.4) is 0 Å². The minimum atomic E-state index is -4.59. The lowest BCUT2D eigenvalue weighted by atomic mass is 9.88. The summed E-state index contributed by atoms with van der Waals surface area (Å²) in [5.74, 6) is -0.551. The van der Waals surface area contributed by atoms with Gasteiger partial charge >= 0.3 is 12.3 Å². The minimum Gasteiger partial charge on any atom is -0.444 e. The second-order valence-electron chi connectivity index (χ2n) is 11.2. The van der Waals surface area contributed by atoms with Gasteiger partial charge in [0.2, 0.25) is 16.4 Å². The number of rotatable bonds is 3. The summed E-state index contributed by atoms with van der Waals surface area (Å²) in [5, 5.41) is 6.41. The van der Waals surface area contributed by atoms with Crippen LogP contribution in [0.5, 0.6) is 0 Å². The van der Waals surface area contributed by atoms with Gasteiger partial charge in [0, 0.05) is 13.1 Å². The summed E-state index contributed by atoms with van der Waals surface area (Å²) in [5.41, 5.74) is -2.37. The molecule has 3 aromatic rings. The quantitative estimate of drug-likeness (QED) is 0.410. The molecule has 0 saturated carbocycles. The number of fused-ring (bicyclic) bond motifs is 3. The number of amides is 2. The molecular formula is C26H27BrClF3N6O5. The monoisotopic (exact) mass is 674 g/mol. The largest absolute Gasteiger partial charge is 0.444 e. The predicted molar refractivity (Wildman–Crippen MR) is 148 cm³/mol. The Labute approximate surface area is 251 Å². The maximum Gasteiger partial charge on any atom is 0.416 e. The van der Waals surface area contributed by atoms with E-state index in [1.807, 2.05) is 0 Å². The molecule has 1 atom stereocenters. The number of nitrogens with zero attached hydrogens (tertiary/aromatic N) is 5. The van der Waals surface area contributed by atoms with Gasteiger partial charge in [-0.15, -0.1) is 5.10 Å². The lowest BCUT2D eigenvalue weighted by molar-refractivity contribution is -0.137. The molecule has 1 saturated heterocycles. The van der Waals surface area contributed by atoms with E-state index < -0.39 is 40.5 Å². The molecule has 226 valence electrons. The fourth-order valence-corrected chi connectivity index (χ4v) is 5.81. The number of carbonyl (C=O) groups excluding carboxylic acids is 2. The molecule has 0 bridgehead atoms. The molecule has 0 aliphatic carbocycles. The molecule has 2 aliphatic heterocycles. The third-order valence-electron chi connectivity index (χ3n) is 7.09. The number of aromatic nitrogens is 4. The fourth-order valence-electron chi connectivity index (χ4n) is 5.27. The number of likely N-dealkylation sites (tertiary alicyclic amines) is 1. The summed E-state index contributed by atoms with van der Waals surface area (Å²) < 4.78 is 53.6. The number of benzene rings is 1. The van der Waals surface area contributed by atoms with Crippen molar-refractivity contribution in [3.8, 4) is 0 Å². The van der Waals surface area contributed by atoms with Gasteiger partial charge in [0.05, 0.1) is 34.1 Å². The van der Waals surface area contributed by atoms with Crippen LogP contribution < -0.4 is 10.9 Å². The fraction of sp³-hybridized carbons (Fsp3) is 0.500. The van der Waals surface area contributed by atoms with E-state index in [0.717, 1.165) is 22.7 Å². The molecule has 1 aromatic carbocycles. The van der Waals surface area contributed by atoms with E-state index in [0.29, 0.717) is 37.1 Å². The number of anilines is 1. The first-order valence-electron chi connectivity index (χ1n) is 13.0. The van der Waals surface area contributed by atoms with E-state index in [-0.39, 0.29) is 40.9 Å². The first-order chi connectivity index (χ1) is 19.6. The van der Waals surface area contributed by atoms with Crippen molar-refractivity contribution in [2.24, 2.45) is 0 Å². The summed E-state index contributed by atoms with van der Waals surface area (Å²) in [6.45, 7) is 5.67. The van der Waals surface area contributed by atoms with Crippen LogP contribution in [-0.2, 0) is 39.2 Å². The smallest absolute Gasteiger partial charge is 0.416 e. The highest BCUT2D eigenvalue weighted by molar-refractivity contribution is 9.10. The number of hydrogen-bond acceptors (Lipinski definition) is 7. The Morgan fingerprint density at radius 3 is 2.62 bits per heavy atom. The molecule has 4 heterocycles. The molecule has 2 aromatic heterocycles. The molecule has 1 spiro atoms. The Bertz CT molecular complexity index is 1640. The molecular weight excluding hydrogens is 649 g/mol. The van der Waals surface area contributed by atoms with Crippen molar-refractivity contribution in [3.05, 3.63) is 55.1 Å². The number of hydrogen-bond donors (Lipinski definition) is 1. The van der Waals surface area contributed by atoms with E-state index >= 15 is 0 Å². The summed E-state index contributed by atoms with van der Waals surface area (Å²) in [6, 6.07) is 2.62. The van der Waals surface area contributed by atoms with Crippen LogP contribution in [0.4, 0.5) is 23.7 Å². The van der Waals surface area contributed by atoms with Crippen LogP contribution in [0.25, 0.3) is 5.78 Å². The van der Waals surface area contributed by atoms with Crippen LogP contribution in [-0.4, -0.2) is 54.8 Å². The molecule has 1 fully saturated rings. The van der Waals surface area contributed by atoms with Gasteiger partial charge in [-0.25, -0.2) is 4.79 Å². The zero-order chi connectivity index (χ0) is 30.6. The Morgan fingerprint density at radius 2 is 1.95 bits per heavy atom. The highest BCUT2D eigenvalue weighted by Gasteiger charge is 2.46. The highest BCUT2D eigenvalue weighted by atomic mass is 79.9. The third kappa shape index (κ3) is 5.86. The molecule has 0 radical (unpaired) electrons. The van der Waals surface area contributed by atoms with Crippen molar-refractivity contribution >= 4 is 51.0 Å². The number of carbonyl (C=O) groups is 2. The Balaban J connectivity index is 1.46. The predicted octanol–water partition coefficient (Wildman–Crippen LogP) is 5.11. The molecule has 2 aliphatic rings. The van der Waals surface area contributed by atoms with Gasteiger partial charge in [-0.2, -0.15) is 22.7 Å². The normalized spacial score (nSPS) is 19.2. The van der Waals surface area contributed by atoms with Crippen LogP contribution in [0.1, 0.15) is 56.9 Å². The minimum absolute atomic E-state index is 0.00763. The number of ether oxygens (including phenoxy) is 2. The van der Waals surface area contributed by atoms with Crippen molar-refractivity contribution < 1.29 is 32.2 Å². The van der Waals surface area contributed by atoms with Crippen LogP contribution >= 0.6 is 27.5 Å². The van der Waals surface area contributed by atoms with Crippen molar-refractivity contribution in [2.75, 3.05) is 18.4 Å². The van der Waals surface area contributed by atoms with Crippen molar-refractivity contribution in [3.63, 3.8) is 0 Å². The molecule has 42 heavy (non-hydrogen) atoms. The van der Waals surface area contributed by atoms with Gasteiger partial charge in [0.25, 0.3) is 5.56 Å². The van der Waals surface area contributed by atoms with Gasteiger partial charge in [0.1, 0.15) is 17.7 Å². The van der Waals surface area contributed by atoms with E-state index in [9.17, 15) is 27.6 Å².